The minimum Gasteiger partial charge on any atom is -0.370 e. The number of nitrogens with zero attached hydrogens (tertiary/aromatic N) is 2. The number of sulfonamides is 1. The van der Waals surface area contributed by atoms with Crippen LogP contribution in [0.5, 0.6) is 0 Å². The summed E-state index contributed by atoms with van der Waals surface area (Å²) in [5.41, 5.74) is 0. The van der Waals surface area contributed by atoms with E-state index in [1.165, 1.54) is 10.5 Å². The number of anilines is 1. The fourth-order valence-corrected chi connectivity index (χ4v) is 3.43. The van der Waals surface area contributed by atoms with E-state index in [2.05, 4.69) is 10.3 Å². The zero-order chi connectivity index (χ0) is 14.5. The van der Waals surface area contributed by atoms with Crippen molar-refractivity contribution in [1.82, 2.24) is 9.29 Å². The van der Waals surface area contributed by atoms with E-state index in [9.17, 15) is 8.42 Å². The van der Waals surface area contributed by atoms with Gasteiger partial charge in [-0.15, -0.1) is 0 Å². The van der Waals surface area contributed by atoms with Gasteiger partial charge < -0.3 is 5.32 Å². The van der Waals surface area contributed by atoms with Gasteiger partial charge >= 0.3 is 0 Å². The highest BCUT2D eigenvalue weighted by Crippen LogP contribution is 2.19. The third-order valence-electron chi connectivity index (χ3n) is 3.23. The van der Waals surface area contributed by atoms with Crippen LogP contribution in [-0.4, -0.2) is 37.3 Å². The summed E-state index contributed by atoms with van der Waals surface area (Å²) in [5, 5.41) is 3.04. The highest BCUT2D eigenvalue weighted by atomic mass is 32.2. The number of rotatable bonds is 7. The summed E-state index contributed by atoms with van der Waals surface area (Å²) in [6.45, 7) is 6.71. The summed E-state index contributed by atoms with van der Waals surface area (Å²) >= 11 is 0. The molecule has 1 aromatic heterocycles. The van der Waals surface area contributed by atoms with Gasteiger partial charge in [0.1, 0.15) is 10.7 Å². The van der Waals surface area contributed by atoms with Gasteiger partial charge in [0.15, 0.2) is 0 Å². The second kappa shape index (κ2) is 6.86. The molecule has 0 unspecified atom stereocenters. The van der Waals surface area contributed by atoms with Crippen molar-refractivity contribution in [2.24, 2.45) is 0 Å². The Bertz CT molecular complexity index is 481. The lowest BCUT2D eigenvalue weighted by atomic mass is 10.2. The van der Waals surface area contributed by atoms with Crippen LogP contribution in [0, 0.1) is 0 Å². The minimum atomic E-state index is -3.45. The average molecular weight is 285 g/mol. The molecule has 0 saturated heterocycles. The highest BCUT2D eigenvalue weighted by Gasteiger charge is 2.26. The number of aromatic nitrogens is 1. The third-order valence-corrected chi connectivity index (χ3v) is 5.12. The maximum atomic E-state index is 12.4. The van der Waals surface area contributed by atoms with Crippen LogP contribution in [0.15, 0.2) is 23.2 Å². The predicted molar refractivity (Wildman–Crippen MR) is 77.7 cm³/mol. The van der Waals surface area contributed by atoms with Gasteiger partial charge in [0, 0.05) is 25.8 Å². The van der Waals surface area contributed by atoms with Crippen LogP contribution in [0.1, 0.15) is 33.6 Å². The van der Waals surface area contributed by atoms with Crippen molar-refractivity contribution in [2.75, 3.05) is 18.9 Å². The highest BCUT2D eigenvalue weighted by molar-refractivity contribution is 7.89. The molecule has 0 aliphatic rings. The van der Waals surface area contributed by atoms with Crippen molar-refractivity contribution in [3.8, 4) is 0 Å². The normalized spacial score (nSPS) is 12.1. The summed E-state index contributed by atoms with van der Waals surface area (Å²) in [7, 11) is -1.82. The number of nitrogens with one attached hydrogen (secondary N) is 1. The maximum absolute atomic E-state index is 12.4. The fourth-order valence-electron chi connectivity index (χ4n) is 1.98. The third kappa shape index (κ3) is 3.67. The number of hydrogen-bond acceptors (Lipinski definition) is 4. The van der Waals surface area contributed by atoms with E-state index in [1.54, 1.807) is 19.2 Å². The maximum Gasteiger partial charge on any atom is 0.244 e. The van der Waals surface area contributed by atoms with Gasteiger partial charge in [0.05, 0.1) is 0 Å². The number of pyridine rings is 1. The first kappa shape index (κ1) is 15.9. The Morgan fingerprint density at radius 1 is 1.26 bits per heavy atom. The van der Waals surface area contributed by atoms with E-state index in [-0.39, 0.29) is 10.9 Å². The molecule has 6 heteroatoms. The Labute approximate surface area is 116 Å². The molecule has 0 saturated carbocycles. The summed E-state index contributed by atoms with van der Waals surface area (Å²) < 4.78 is 26.3. The van der Waals surface area contributed by atoms with Gasteiger partial charge in [-0.25, -0.2) is 13.4 Å². The van der Waals surface area contributed by atoms with E-state index in [0.717, 1.165) is 19.4 Å². The van der Waals surface area contributed by atoms with E-state index >= 15 is 0 Å². The Kier molecular flexibility index (Phi) is 5.75. The van der Waals surface area contributed by atoms with E-state index in [1.807, 2.05) is 20.8 Å². The molecular formula is C13H23N3O2S. The summed E-state index contributed by atoms with van der Waals surface area (Å²) in [6, 6.07) is 3.31. The van der Waals surface area contributed by atoms with Crippen LogP contribution in [0.3, 0.4) is 0 Å². The van der Waals surface area contributed by atoms with Crippen molar-refractivity contribution >= 4 is 15.8 Å². The van der Waals surface area contributed by atoms with Gasteiger partial charge in [0.25, 0.3) is 0 Å². The first-order valence-corrected chi connectivity index (χ1v) is 8.09. The van der Waals surface area contributed by atoms with Crippen molar-refractivity contribution in [3.05, 3.63) is 18.3 Å². The lowest BCUT2D eigenvalue weighted by molar-refractivity contribution is 0.349. The summed E-state index contributed by atoms with van der Waals surface area (Å²) in [6.07, 6.45) is 3.01. The second-order valence-electron chi connectivity index (χ2n) is 4.40. The Morgan fingerprint density at radius 2 is 1.89 bits per heavy atom. The molecule has 0 atom stereocenters. The summed E-state index contributed by atoms with van der Waals surface area (Å²) in [5.74, 6) is 0.687. The topological polar surface area (TPSA) is 62.3 Å². The average Bonchev–Trinajstić information content (AvgIpc) is 2.41. The zero-order valence-electron chi connectivity index (χ0n) is 12.0. The molecule has 0 fully saturated rings. The van der Waals surface area contributed by atoms with Gasteiger partial charge in [-0.2, -0.15) is 4.31 Å². The number of hydrogen-bond donors (Lipinski definition) is 1. The van der Waals surface area contributed by atoms with Crippen LogP contribution < -0.4 is 5.32 Å². The molecule has 5 nitrogen and oxygen atoms in total. The quantitative estimate of drug-likeness (QED) is 0.835. The molecule has 1 aromatic rings. The molecule has 1 rings (SSSR count). The Morgan fingerprint density at radius 3 is 2.32 bits per heavy atom. The summed E-state index contributed by atoms with van der Waals surface area (Å²) in [4.78, 5) is 4.35. The van der Waals surface area contributed by atoms with Crippen LogP contribution in [0.2, 0.25) is 0 Å². The molecule has 1 N–H and O–H groups in total. The van der Waals surface area contributed by atoms with Gasteiger partial charge in [-0.05, 0) is 31.9 Å². The lowest BCUT2D eigenvalue weighted by Gasteiger charge is -2.25. The molecule has 0 bridgehead atoms. The first-order valence-electron chi connectivity index (χ1n) is 6.65. The molecule has 19 heavy (non-hydrogen) atoms. The lowest BCUT2D eigenvalue weighted by Crippen LogP contribution is -2.36. The molecule has 1 heterocycles. The van der Waals surface area contributed by atoms with E-state index < -0.39 is 10.0 Å². The van der Waals surface area contributed by atoms with Crippen LogP contribution in [0.25, 0.3) is 0 Å². The fraction of sp³-hybridized carbons (Fsp3) is 0.615. The monoisotopic (exact) mass is 285 g/mol. The predicted octanol–water partition coefficient (Wildman–Crippen LogP) is 2.32. The first-order chi connectivity index (χ1) is 8.97. The molecular weight excluding hydrogens is 262 g/mol. The largest absolute Gasteiger partial charge is 0.370 e. The van der Waals surface area contributed by atoms with Crippen molar-refractivity contribution in [3.63, 3.8) is 0 Å². The standard InChI is InChI=1S/C13H23N3O2S/c1-5-11(6-2)16(4)19(17,18)12-8-9-13(14-7-3)15-10-12/h8-11H,5-7H2,1-4H3,(H,14,15). The molecule has 0 aliphatic heterocycles. The molecule has 0 aromatic carbocycles. The molecule has 108 valence electrons. The van der Waals surface area contributed by atoms with Crippen LogP contribution in [-0.2, 0) is 10.0 Å². The molecule has 0 radical (unpaired) electrons. The van der Waals surface area contributed by atoms with Crippen molar-refractivity contribution < 1.29 is 8.42 Å². The Balaban J connectivity index is 2.99. The molecule has 0 aliphatic carbocycles. The van der Waals surface area contributed by atoms with Crippen molar-refractivity contribution in [1.29, 1.82) is 0 Å². The minimum absolute atomic E-state index is 0.0263. The van der Waals surface area contributed by atoms with Crippen LogP contribution >= 0.6 is 0 Å². The van der Waals surface area contributed by atoms with Crippen LogP contribution in [0.4, 0.5) is 5.82 Å². The smallest absolute Gasteiger partial charge is 0.244 e. The zero-order valence-corrected chi connectivity index (χ0v) is 12.9. The molecule has 0 amide bonds. The molecule has 0 spiro atoms. The van der Waals surface area contributed by atoms with Gasteiger partial charge in [0.2, 0.25) is 10.0 Å². The van der Waals surface area contributed by atoms with E-state index in [0.29, 0.717) is 5.82 Å². The Hall–Kier alpha value is -1.14. The van der Waals surface area contributed by atoms with E-state index in [4.69, 9.17) is 0 Å². The van der Waals surface area contributed by atoms with Gasteiger partial charge in [-0.3, -0.25) is 0 Å². The van der Waals surface area contributed by atoms with Crippen molar-refractivity contribution in [2.45, 2.75) is 44.6 Å². The second-order valence-corrected chi connectivity index (χ2v) is 6.40. The SMILES string of the molecule is CCNc1ccc(S(=O)(=O)N(C)C(CC)CC)cn1. The van der Waals surface area contributed by atoms with Gasteiger partial charge in [-0.1, -0.05) is 13.8 Å².